The quantitative estimate of drug-likeness (QED) is 0.768. The summed E-state index contributed by atoms with van der Waals surface area (Å²) in [7, 11) is 0. The van der Waals surface area contributed by atoms with E-state index in [4.69, 9.17) is 5.73 Å². The van der Waals surface area contributed by atoms with Crippen molar-refractivity contribution in [2.45, 2.75) is 12.5 Å². The Bertz CT molecular complexity index is 515. The number of nitrogen functional groups attached to an aromatic ring is 1. The van der Waals surface area contributed by atoms with E-state index in [1.54, 1.807) is 18.5 Å². The molecular weight excluding hydrogens is 226 g/mol. The summed E-state index contributed by atoms with van der Waals surface area (Å²) in [5, 5.41) is 12.9. The molecule has 0 spiro atoms. The van der Waals surface area contributed by atoms with Crippen molar-refractivity contribution >= 4 is 11.4 Å². The van der Waals surface area contributed by atoms with Gasteiger partial charge in [-0.05, 0) is 18.6 Å². The number of hydrogen-bond donors (Lipinski definition) is 3. The third kappa shape index (κ3) is 2.60. The average Bonchev–Trinajstić information content (AvgIpc) is 2.39. The van der Waals surface area contributed by atoms with Crippen molar-refractivity contribution in [3.63, 3.8) is 0 Å². The van der Waals surface area contributed by atoms with Crippen molar-refractivity contribution in [1.82, 2.24) is 4.98 Å². The average molecular weight is 243 g/mol. The van der Waals surface area contributed by atoms with E-state index >= 15 is 0 Å². The van der Waals surface area contributed by atoms with Gasteiger partial charge in [-0.1, -0.05) is 30.3 Å². The highest BCUT2D eigenvalue weighted by atomic mass is 16.3. The van der Waals surface area contributed by atoms with E-state index in [9.17, 15) is 5.11 Å². The minimum absolute atomic E-state index is 0.0220. The summed E-state index contributed by atoms with van der Waals surface area (Å²) in [5.41, 5.74) is 7.52. The Balaban J connectivity index is 2.29. The van der Waals surface area contributed by atoms with Crippen LogP contribution in [0.3, 0.4) is 0 Å². The fourth-order valence-corrected chi connectivity index (χ4v) is 1.85. The van der Waals surface area contributed by atoms with E-state index in [-0.39, 0.29) is 6.61 Å². The van der Waals surface area contributed by atoms with Crippen LogP contribution in [0.4, 0.5) is 11.4 Å². The van der Waals surface area contributed by atoms with Gasteiger partial charge in [-0.2, -0.15) is 0 Å². The van der Waals surface area contributed by atoms with Crippen LogP contribution in [0.5, 0.6) is 0 Å². The largest absolute Gasteiger partial charge is 0.397 e. The second-order valence-corrected chi connectivity index (χ2v) is 4.49. The number of pyridine rings is 1. The van der Waals surface area contributed by atoms with E-state index < -0.39 is 5.54 Å². The minimum atomic E-state index is -0.559. The number of hydrogen-bond acceptors (Lipinski definition) is 4. The van der Waals surface area contributed by atoms with Gasteiger partial charge in [0.2, 0.25) is 0 Å². The Morgan fingerprint density at radius 3 is 2.61 bits per heavy atom. The van der Waals surface area contributed by atoms with Crippen molar-refractivity contribution in [1.29, 1.82) is 0 Å². The zero-order valence-electron chi connectivity index (χ0n) is 10.3. The molecule has 0 saturated heterocycles. The first kappa shape index (κ1) is 12.4. The zero-order chi connectivity index (χ0) is 13.0. The number of aromatic nitrogens is 1. The normalized spacial score (nSPS) is 13.9. The molecule has 18 heavy (non-hydrogen) atoms. The number of nitrogens with zero attached hydrogens (tertiary/aromatic N) is 1. The Kier molecular flexibility index (Phi) is 3.48. The summed E-state index contributed by atoms with van der Waals surface area (Å²) in [6.07, 6.45) is 3.27. The molecule has 0 bridgehead atoms. The molecule has 4 heteroatoms. The second-order valence-electron chi connectivity index (χ2n) is 4.49. The molecule has 0 aliphatic heterocycles. The molecule has 2 aromatic rings. The molecule has 94 valence electrons. The van der Waals surface area contributed by atoms with Gasteiger partial charge < -0.3 is 16.2 Å². The summed E-state index contributed by atoms with van der Waals surface area (Å²) in [4.78, 5) is 4.03. The third-order valence-corrected chi connectivity index (χ3v) is 2.91. The predicted molar refractivity (Wildman–Crippen MR) is 73.2 cm³/mol. The zero-order valence-corrected chi connectivity index (χ0v) is 10.3. The van der Waals surface area contributed by atoms with E-state index in [0.717, 1.165) is 11.3 Å². The van der Waals surface area contributed by atoms with Crippen LogP contribution in [-0.4, -0.2) is 16.7 Å². The molecule has 2 rings (SSSR count). The first-order valence-electron chi connectivity index (χ1n) is 5.79. The maximum Gasteiger partial charge on any atom is 0.0828 e. The Labute approximate surface area is 106 Å². The van der Waals surface area contributed by atoms with Gasteiger partial charge in [0.1, 0.15) is 0 Å². The fourth-order valence-electron chi connectivity index (χ4n) is 1.85. The molecule has 0 saturated carbocycles. The number of rotatable bonds is 4. The highest BCUT2D eigenvalue weighted by Crippen LogP contribution is 2.25. The fraction of sp³-hybridized carbons (Fsp3) is 0.214. The van der Waals surface area contributed by atoms with Crippen molar-refractivity contribution in [2.24, 2.45) is 0 Å². The van der Waals surface area contributed by atoms with Gasteiger partial charge in [0, 0.05) is 6.20 Å². The molecule has 4 nitrogen and oxygen atoms in total. The first-order valence-corrected chi connectivity index (χ1v) is 5.79. The minimum Gasteiger partial charge on any atom is -0.397 e. The van der Waals surface area contributed by atoms with Crippen LogP contribution in [0.1, 0.15) is 12.5 Å². The van der Waals surface area contributed by atoms with Crippen LogP contribution in [-0.2, 0) is 5.54 Å². The van der Waals surface area contributed by atoms with Gasteiger partial charge in [0.25, 0.3) is 0 Å². The Hall–Kier alpha value is -2.07. The molecule has 0 aliphatic carbocycles. The number of anilines is 2. The van der Waals surface area contributed by atoms with Crippen molar-refractivity contribution < 1.29 is 5.11 Å². The summed E-state index contributed by atoms with van der Waals surface area (Å²) in [5.74, 6) is 0. The highest BCUT2D eigenvalue weighted by Gasteiger charge is 2.25. The number of nitrogens with two attached hydrogens (primary N) is 1. The molecule has 0 aliphatic rings. The summed E-state index contributed by atoms with van der Waals surface area (Å²) in [6.45, 7) is 1.91. The standard InChI is InChI=1S/C14H17N3O/c1-14(10-18,11-5-3-2-4-6-11)17-13-7-12(15)8-16-9-13/h2-9,17-18H,10,15H2,1H3. The summed E-state index contributed by atoms with van der Waals surface area (Å²) < 4.78 is 0. The van der Waals surface area contributed by atoms with Crippen LogP contribution in [0.2, 0.25) is 0 Å². The molecular formula is C14H17N3O. The summed E-state index contributed by atoms with van der Waals surface area (Å²) >= 11 is 0. The lowest BCUT2D eigenvalue weighted by Crippen LogP contribution is -2.35. The SMILES string of the molecule is CC(CO)(Nc1cncc(N)c1)c1ccccc1. The molecule has 1 aromatic carbocycles. The van der Waals surface area contributed by atoms with Crippen molar-refractivity contribution in [3.05, 3.63) is 54.4 Å². The predicted octanol–water partition coefficient (Wildman–Crippen LogP) is 1.98. The maximum atomic E-state index is 9.66. The lowest BCUT2D eigenvalue weighted by molar-refractivity contribution is 0.224. The first-order chi connectivity index (χ1) is 8.64. The van der Waals surface area contributed by atoms with Crippen LogP contribution in [0.15, 0.2) is 48.8 Å². The van der Waals surface area contributed by atoms with Gasteiger partial charge >= 0.3 is 0 Å². The molecule has 1 heterocycles. The molecule has 1 aromatic heterocycles. The van der Waals surface area contributed by atoms with Crippen LogP contribution in [0, 0.1) is 0 Å². The highest BCUT2D eigenvalue weighted by molar-refractivity contribution is 5.53. The van der Waals surface area contributed by atoms with Crippen LogP contribution < -0.4 is 11.1 Å². The summed E-state index contributed by atoms with van der Waals surface area (Å²) in [6, 6.07) is 11.6. The van der Waals surface area contributed by atoms with Gasteiger partial charge in [-0.15, -0.1) is 0 Å². The molecule has 0 amide bonds. The Morgan fingerprint density at radius 1 is 1.28 bits per heavy atom. The van der Waals surface area contributed by atoms with E-state index in [2.05, 4.69) is 10.3 Å². The number of aliphatic hydroxyl groups is 1. The van der Waals surface area contributed by atoms with Gasteiger partial charge in [-0.25, -0.2) is 0 Å². The third-order valence-electron chi connectivity index (χ3n) is 2.91. The smallest absolute Gasteiger partial charge is 0.0828 e. The van der Waals surface area contributed by atoms with Gasteiger partial charge in [-0.3, -0.25) is 4.98 Å². The molecule has 4 N–H and O–H groups in total. The van der Waals surface area contributed by atoms with Gasteiger partial charge in [0.05, 0.1) is 29.7 Å². The van der Waals surface area contributed by atoms with E-state index in [1.165, 1.54) is 0 Å². The Morgan fingerprint density at radius 2 is 2.00 bits per heavy atom. The van der Waals surface area contributed by atoms with Crippen molar-refractivity contribution in [2.75, 3.05) is 17.7 Å². The second kappa shape index (κ2) is 5.06. The van der Waals surface area contributed by atoms with E-state index in [1.807, 2.05) is 37.3 Å². The molecule has 0 fully saturated rings. The van der Waals surface area contributed by atoms with Gasteiger partial charge in [0.15, 0.2) is 0 Å². The lowest BCUT2D eigenvalue weighted by atomic mass is 9.92. The maximum absolute atomic E-state index is 9.66. The number of nitrogens with one attached hydrogen (secondary N) is 1. The van der Waals surface area contributed by atoms with E-state index in [0.29, 0.717) is 5.69 Å². The number of aliphatic hydroxyl groups excluding tert-OH is 1. The monoisotopic (exact) mass is 243 g/mol. The number of benzene rings is 1. The topological polar surface area (TPSA) is 71.2 Å². The van der Waals surface area contributed by atoms with Crippen LogP contribution >= 0.6 is 0 Å². The molecule has 0 radical (unpaired) electrons. The molecule has 1 unspecified atom stereocenters. The van der Waals surface area contributed by atoms with Crippen LogP contribution in [0.25, 0.3) is 0 Å². The van der Waals surface area contributed by atoms with Crippen molar-refractivity contribution in [3.8, 4) is 0 Å². The lowest BCUT2D eigenvalue weighted by Gasteiger charge is -2.30. The molecule has 1 atom stereocenters.